The van der Waals surface area contributed by atoms with E-state index >= 15 is 0 Å². The van der Waals surface area contributed by atoms with Gasteiger partial charge in [0, 0.05) is 0 Å². The van der Waals surface area contributed by atoms with Crippen molar-refractivity contribution in [2.75, 3.05) is 26.6 Å². The first kappa shape index (κ1) is 19.9. The van der Waals surface area contributed by atoms with Gasteiger partial charge in [-0.15, -0.1) is 0 Å². The van der Waals surface area contributed by atoms with Crippen LogP contribution in [0.5, 0.6) is 0 Å². The maximum atomic E-state index is 11.7. The summed E-state index contributed by atoms with van der Waals surface area (Å²) in [5.41, 5.74) is 1.04. The number of hydrogen-bond acceptors (Lipinski definition) is 2. The van der Waals surface area contributed by atoms with E-state index in [0.717, 1.165) is 19.3 Å². The summed E-state index contributed by atoms with van der Waals surface area (Å²) in [6, 6.07) is 8.78. The quantitative estimate of drug-likeness (QED) is 0.271. The third kappa shape index (κ3) is 6.54. The van der Waals surface area contributed by atoms with Crippen LogP contribution < -0.4 is 5.30 Å². The molecule has 0 radical (unpaired) electrons. The van der Waals surface area contributed by atoms with Gasteiger partial charge in [0.1, 0.15) is 0 Å². The van der Waals surface area contributed by atoms with Crippen molar-refractivity contribution < 1.29 is 9.53 Å². The van der Waals surface area contributed by atoms with Gasteiger partial charge in [-0.2, -0.15) is 0 Å². The number of benzene rings is 1. The standard InChI is InChI=1S/C18H30IO2P/c1-18(2,3)17(20)21-14-10-9-12-15-11-7-8-13-16(15)22(4,5,6)19/h7-8,11,13H,9-10,12,14H2,1-6H3. The van der Waals surface area contributed by atoms with Crippen LogP contribution in [-0.2, 0) is 16.0 Å². The molecule has 0 atom stereocenters. The Balaban J connectivity index is 2.52. The first-order chi connectivity index (χ1) is 9.88. The Morgan fingerprint density at radius 2 is 1.73 bits per heavy atom. The van der Waals surface area contributed by atoms with Crippen molar-refractivity contribution in [3.05, 3.63) is 29.8 Å². The molecular weight excluding hydrogens is 406 g/mol. The van der Waals surface area contributed by atoms with Crippen LogP contribution in [0.2, 0.25) is 0 Å². The van der Waals surface area contributed by atoms with E-state index in [4.69, 9.17) is 4.74 Å². The minimum atomic E-state index is -1.77. The molecule has 0 bridgehead atoms. The third-order valence-electron chi connectivity index (χ3n) is 3.49. The summed E-state index contributed by atoms with van der Waals surface area (Å²) in [5.74, 6) is -0.110. The molecule has 22 heavy (non-hydrogen) atoms. The summed E-state index contributed by atoms with van der Waals surface area (Å²) < 4.78 is 3.56. The van der Waals surface area contributed by atoms with Gasteiger partial charge in [0.25, 0.3) is 0 Å². The summed E-state index contributed by atoms with van der Waals surface area (Å²) in [6.07, 6.45) is 3.03. The molecule has 2 nitrogen and oxygen atoms in total. The second-order valence-corrected chi connectivity index (χ2v) is 23.9. The molecule has 0 amide bonds. The van der Waals surface area contributed by atoms with E-state index in [-0.39, 0.29) is 5.97 Å². The van der Waals surface area contributed by atoms with Crippen molar-refractivity contribution in [1.29, 1.82) is 0 Å². The Morgan fingerprint density at radius 3 is 2.27 bits per heavy atom. The Kier molecular flexibility index (Phi) is 6.48. The molecule has 0 heterocycles. The summed E-state index contributed by atoms with van der Waals surface area (Å²) in [7, 11) is 0. The van der Waals surface area contributed by atoms with Crippen molar-refractivity contribution in [2.45, 2.75) is 40.0 Å². The molecule has 1 aromatic rings. The molecule has 0 saturated carbocycles. The zero-order valence-electron chi connectivity index (χ0n) is 14.8. The van der Waals surface area contributed by atoms with E-state index in [9.17, 15) is 4.79 Å². The monoisotopic (exact) mass is 436 g/mol. The predicted molar refractivity (Wildman–Crippen MR) is 108 cm³/mol. The second kappa shape index (κ2) is 7.17. The Bertz CT molecular complexity index is 515. The number of esters is 1. The molecule has 126 valence electrons. The fourth-order valence-corrected chi connectivity index (χ4v) is 5.42. The molecule has 0 aliphatic rings. The van der Waals surface area contributed by atoms with Gasteiger partial charge in [-0.3, -0.25) is 0 Å². The van der Waals surface area contributed by atoms with Crippen molar-refractivity contribution in [1.82, 2.24) is 0 Å². The zero-order valence-corrected chi connectivity index (χ0v) is 17.8. The van der Waals surface area contributed by atoms with E-state index in [2.05, 4.69) is 66.3 Å². The number of rotatable bonds is 6. The third-order valence-corrected chi connectivity index (χ3v) is 7.11. The molecule has 0 N–H and O–H groups in total. The average Bonchev–Trinajstić information content (AvgIpc) is 2.35. The first-order valence-electron chi connectivity index (χ1n) is 7.86. The molecule has 0 unspecified atom stereocenters. The van der Waals surface area contributed by atoms with Gasteiger partial charge in [-0.05, 0) is 0 Å². The van der Waals surface area contributed by atoms with Crippen LogP contribution in [0.1, 0.15) is 39.2 Å². The Morgan fingerprint density at radius 1 is 1.14 bits per heavy atom. The topological polar surface area (TPSA) is 26.3 Å². The first-order valence-corrected chi connectivity index (χ1v) is 14.2. The molecule has 0 aliphatic carbocycles. The van der Waals surface area contributed by atoms with Gasteiger partial charge in [0.2, 0.25) is 0 Å². The van der Waals surface area contributed by atoms with Gasteiger partial charge in [-0.25, -0.2) is 0 Å². The van der Waals surface area contributed by atoms with Crippen LogP contribution in [-0.4, -0.2) is 32.6 Å². The molecular formula is C18H30IO2P. The van der Waals surface area contributed by atoms with E-state index in [1.807, 2.05) is 20.8 Å². The van der Waals surface area contributed by atoms with Gasteiger partial charge in [0.05, 0.1) is 0 Å². The number of unbranched alkanes of at least 4 members (excludes halogenated alkanes) is 1. The van der Waals surface area contributed by atoms with Crippen molar-refractivity contribution in [3.63, 3.8) is 0 Å². The molecule has 0 aliphatic heterocycles. The summed E-state index contributed by atoms with van der Waals surface area (Å²) in [5, 5.41) is 1.51. The van der Waals surface area contributed by atoms with Gasteiger partial charge in [-0.1, -0.05) is 0 Å². The Hall–Kier alpha value is -0.150. The summed E-state index contributed by atoms with van der Waals surface area (Å²) in [6.45, 7) is 13.3. The summed E-state index contributed by atoms with van der Waals surface area (Å²) >= 11 is 2.65. The van der Waals surface area contributed by atoms with Crippen molar-refractivity contribution >= 4 is 37.6 Å². The number of hydrogen-bond donors (Lipinski definition) is 0. The maximum absolute atomic E-state index is 11.7. The van der Waals surface area contributed by atoms with Crippen LogP contribution in [0.25, 0.3) is 0 Å². The molecule has 0 aromatic heterocycles. The second-order valence-electron chi connectivity index (χ2n) is 8.08. The molecule has 1 rings (SSSR count). The Labute approximate surface area is 148 Å². The molecule has 4 heteroatoms. The summed E-state index contributed by atoms with van der Waals surface area (Å²) in [4.78, 5) is 11.7. The number of halogens is 1. The van der Waals surface area contributed by atoms with Crippen LogP contribution in [0.15, 0.2) is 24.3 Å². The van der Waals surface area contributed by atoms with Crippen LogP contribution in [0, 0.1) is 5.41 Å². The minimum absolute atomic E-state index is 0.110. The van der Waals surface area contributed by atoms with Gasteiger partial charge >= 0.3 is 149 Å². The predicted octanol–water partition coefficient (Wildman–Crippen LogP) is 5.02. The van der Waals surface area contributed by atoms with E-state index in [1.165, 1.54) is 10.9 Å². The fraction of sp³-hybridized carbons (Fsp3) is 0.611. The molecule has 1 aromatic carbocycles. The SMILES string of the molecule is CC(C)(C)C(=O)OCCCCc1ccccc1P(C)(C)(C)I. The van der Waals surface area contributed by atoms with Crippen LogP contribution in [0.3, 0.4) is 0 Å². The van der Waals surface area contributed by atoms with E-state index in [0.29, 0.717) is 6.61 Å². The van der Waals surface area contributed by atoms with Crippen molar-refractivity contribution in [2.24, 2.45) is 5.41 Å². The fourth-order valence-electron chi connectivity index (χ4n) is 2.26. The molecule has 0 fully saturated rings. The number of carbonyl (C=O) groups excluding carboxylic acids is 1. The van der Waals surface area contributed by atoms with Crippen LogP contribution >= 0.6 is 26.3 Å². The number of aryl methyl sites for hydroxylation is 1. The van der Waals surface area contributed by atoms with Gasteiger partial charge < -0.3 is 0 Å². The van der Waals surface area contributed by atoms with E-state index in [1.54, 1.807) is 0 Å². The van der Waals surface area contributed by atoms with Crippen molar-refractivity contribution in [3.8, 4) is 0 Å². The van der Waals surface area contributed by atoms with Gasteiger partial charge in [0.15, 0.2) is 0 Å². The average molecular weight is 436 g/mol. The normalized spacial score (nSPS) is 14.2. The molecule has 0 spiro atoms. The van der Waals surface area contributed by atoms with E-state index < -0.39 is 9.66 Å². The number of ether oxygens (including phenoxy) is 1. The number of carbonyl (C=O) groups is 1. The zero-order chi connectivity index (χ0) is 17.0. The molecule has 0 saturated heterocycles. The van der Waals surface area contributed by atoms with Crippen LogP contribution in [0.4, 0.5) is 0 Å².